The lowest BCUT2D eigenvalue weighted by atomic mass is 10.1. The van der Waals surface area contributed by atoms with Crippen molar-refractivity contribution in [1.29, 1.82) is 0 Å². The third kappa shape index (κ3) is 4.21. The van der Waals surface area contributed by atoms with Gasteiger partial charge in [-0.1, -0.05) is 28.1 Å². The summed E-state index contributed by atoms with van der Waals surface area (Å²) in [5, 5.41) is 8.84. The van der Waals surface area contributed by atoms with Gasteiger partial charge < -0.3 is 10.0 Å². The quantitative estimate of drug-likeness (QED) is 0.866. The van der Waals surface area contributed by atoms with Crippen molar-refractivity contribution < 1.29 is 14.7 Å². The maximum Gasteiger partial charge on any atom is 0.326 e. The topological polar surface area (TPSA) is 57.6 Å². The van der Waals surface area contributed by atoms with Crippen LogP contribution in [0.25, 0.3) is 6.08 Å². The SMILES string of the molecule is Cc1ccc(C=CC(=O)N(C)C(C)C(=O)O)c(Br)c1. The molecule has 0 aromatic heterocycles. The molecule has 0 saturated heterocycles. The van der Waals surface area contributed by atoms with E-state index in [2.05, 4.69) is 15.9 Å². The molecular weight excluding hydrogens is 310 g/mol. The summed E-state index contributed by atoms with van der Waals surface area (Å²) in [6, 6.07) is 4.94. The molecule has 5 heteroatoms. The van der Waals surface area contributed by atoms with Gasteiger partial charge in [0.05, 0.1) is 0 Å². The Balaban J connectivity index is 2.81. The molecule has 0 spiro atoms. The van der Waals surface area contributed by atoms with Crippen LogP contribution in [0.15, 0.2) is 28.7 Å². The van der Waals surface area contributed by atoms with Crippen LogP contribution in [0.2, 0.25) is 0 Å². The molecular formula is C14H16BrNO3. The molecule has 0 saturated carbocycles. The minimum atomic E-state index is -1.03. The van der Waals surface area contributed by atoms with Gasteiger partial charge in [-0.05, 0) is 37.1 Å². The lowest BCUT2D eigenvalue weighted by Gasteiger charge is -2.19. The second-order valence-corrected chi connectivity index (χ2v) is 5.18. The summed E-state index contributed by atoms with van der Waals surface area (Å²) < 4.78 is 0.894. The second kappa shape index (κ2) is 6.52. The number of amides is 1. The molecule has 1 N–H and O–H groups in total. The number of hydrogen-bond acceptors (Lipinski definition) is 2. The van der Waals surface area contributed by atoms with Gasteiger partial charge in [0.1, 0.15) is 6.04 Å². The van der Waals surface area contributed by atoms with Gasteiger partial charge in [0.25, 0.3) is 0 Å². The van der Waals surface area contributed by atoms with Gasteiger partial charge in [0, 0.05) is 17.6 Å². The Kier molecular flexibility index (Phi) is 5.30. The highest BCUT2D eigenvalue weighted by Gasteiger charge is 2.19. The monoisotopic (exact) mass is 325 g/mol. The molecule has 1 aromatic rings. The molecule has 0 aliphatic carbocycles. The molecule has 0 radical (unpaired) electrons. The van der Waals surface area contributed by atoms with E-state index in [1.165, 1.54) is 24.9 Å². The Hall–Kier alpha value is -1.62. The molecule has 1 aromatic carbocycles. The maximum absolute atomic E-state index is 11.8. The average Bonchev–Trinajstić information content (AvgIpc) is 2.35. The van der Waals surface area contributed by atoms with E-state index >= 15 is 0 Å². The predicted molar refractivity (Wildman–Crippen MR) is 77.8 cm³/mol. The minimum Gasteiger partial charge on any atom is -0.480 e. The number of aryl methyl sites for hydroxylation is 1. The number of nitrogens with zero attached hydrogens (tertiary/aromatic N) is 1. The number of benzene rings is 1. The normalized spacial score (nSPS) is 12.4. The zero-order valence-corrected chi connectivity index (χ0v) is 12.6. The summed E-state index contributed by atoms with van der Waals surface area (Å²) >= 11 is 3.42. The molecule has 0 bridgehead atoms. The number of likely N-dealkylation sites (N-methyl/N-ethyl adjacent to an activating group) is 1. The number of carbonyl (C=O) groups is 2. The first-order valence-corrected chi connectivity index (χ1v) is 6.56. The third-order valence-electron chi connectivity index (χ3n) is 2.85. The van der Waals surface area contributed by atoms with Crippen LogP contribution in [-0.2, 0) is 9.59 Å². The molecule has 1 amide bonds. The van der Waals surface area contributed by atoms with Gasteiger partial charge in [-0.3, -0.25) is 4.79 Å². The van der Waals surface area contributed by atoms with Crippen molar-refractivity contribution in [2.45, 2.75) is 19.9 Å². The Morgan fingerprint density at radius 2 is 2.05 bits per heavy atom. The standard InChI is InChI=1S/C14H16BrNO3/c1-9-4-5-11(12(15)8-9)6-7-13(17)16(3)10(2)14(18)19/h4-8,10H,1-3H3,(H,18,19). The Bertz CT molecular complexity index is 525. The highest BCUT2D eigenvalue weighted by molar-refractivity contribution is 9.10. The van der Waals surface area contributed by atoms with Crippen LogP contribution in [-0.4, -0.2) is 35.0 Å². The van der Waals surface area contributed by atoms with Crippen molar-refractivity contribution in [2.75, 3.05) is 7.05 Å². The summed E-state index contributed by atoms with van der Waals surface area (Å²) in [4.78, 5) is 23.8. The lowest BCUT2D eigenvalue weighted by Crippen LogP contribution is -2.39. The zero-order valence-electron chi connectivity index (χ0n) is 11.1. The first kappa shape index (κ1) is 15.4. The second-order valence-electron chi connectivity index (χ2n) is 4.32. The van der Waals surface area contributed by atoms with Crippen molar-refractivity contribution in [2.24, 2.45) is 0 Å². The number of hydrogen-bond donors (Lipinski definition) is 1. The Morgan fingerprint density at radius 1 is 1.42 bits per heavy atom. The van der Waals surface area contributed by atoms with Crippen LogP contribution in [0.4, 0.5) is 0 Å². The number of rotatable bonds is 4. The molecule has 1 rings (SSSR count). The highest BCUT2D eigenvalue weighted by Crippen LogP contribution is 2.19. The summed E-state index contributed by atoms with van der Waals surface area (Å²) in [5.41, 5.74) is 1.99. The summed E-state index contributed by atoms with van der Waals surface area (Å²) in [7, 11) is 1.47. The van der Waals surface area contributed by atoms with Crippen LogP contribution >= 0.6 is 15.9 Å². The largest absolute Gasteiger partial charge is 0.480 e. The van der Waals surface area contributed by atoms with E-state index in [4.69, 9.17) is 5.11 Å². The molecule has 1 unspecified atom stereocenters. The van der Waals surface area contributed by atoms with Crippen LogP contribution in [0.3, 0.4) is 0 Å². The molecule has 0 aliphatic rings. The number of halogens is 1. The highest BCUT2D eigenvalue weighted by atomic mass is 79.9. The Labute approximate surface area is 120 Å². The summed E-state index contributed by atoms with van der Waals surface area (Å²) in [6.45, 7) is 3.45. The third-order valence-corrected chi connectivity index (χ3v) is 3.53. The lowest BCUT2D eigenvalue weighted by molar-refractivity contribution is -0.146. The average molecular weight is 326 g/mol. The number of carboxylic acid groups (broad SMARTS) is 1. The van der Waals surface area contributed by atoms with E-state index in [0.29, 0.717) is 0 Å². The van der Waals surface area contributed by atoms with E-state index < -0.39 is 12.0 Å². The number of carboxylic acids is 1. The summed E-state index contributed by atoms with van der Waals surface area (Å²) in [6.07, 6.45) is 3.03. The fraction of sp³-hybridized carbons (Fsp3) is 0.286. The fourth-order valence-corrected chi connectivity index (χ4v) is 2.03. The van der Waals surface area contributed by atoms with E-state index in [1.807, 2.05) is 25.1 Å². The van der Waals surface area contributed by atoms with Gasteiger partial charge in [0.15, 0.2) is 0 Å². The van der Waals surface area contributed by atoms with Gasteiger partial charge in [-0.2, -0.15) is 0 Å². The Morgan fingerprint density at radius 3 is 2.58 bits per heavy atom. The fourth-order valence-electron chi connectivity index (χ4n) is 1.40. The number of aliphatic carboxylic acids is 1. The van der Waals surface area contributed by atoms with Crippen LogP contribution in [0.1, 0.15) is 18.1 Å². The number of carbonyl (C=O) groups excluding carboxylic acids is 1. The predicted octanol–water partition coefficient (Wildman–Crippen LogP) is 2.70. The van der Waals surface area contributed by atoms with Crippen molar-refractivity contribution in [3.63, 3.8) is 0 Å². The van der Waals surface area contributed by atoms with Crippen molar-refractivity contribution in [3.05, 3.63) is 39.9 Å². The van der Waals surface area contributed by atoms with Crippen LogP contribution in [0, 0.1) is 6.92 Å². The molecule has 0 aliphatic heterocycles. The van der Waals surface area contributed by atoms with E-state index in [1.54, 1.807) is 6.08 Å². The molecule has 4 nitrogen and oxygen atoms in total. The van der Waals surface area contributed by atoms with Gasteiger partial charge in [-0.15, -0.1) is 0 Å². The minimum absolute atomic E-state index is 0.345. The zero-order chi connectivity index (χ0) is 14.6. The smallest absolute Gasteiger partial charge is 0.326 e. The van der Waals surface area contributed by atoms with Crippen molar-refractivity contribution in [3.8, 4) is 0 Å². The molecule has 0 heterocycles. The molecule has 1 atom stereocenters. The maximum atomic E-state index is 11.8. The van der Waals surface area contributed by atoms with Crippen molar-refractivity contribution in [1.82, 2.24) is 4.90 Å². The van der Waals surface area contributed by atoms with E-state index in [9.17, 15) is 9.59 Å². The summed E-state index contributed by atoms with van der Waals surface area (Å²) in [5.74, 6) is -1.37. The van der Waals surface area contributed by atoms with E-state index in [-0.39, 0.29) is 5.91 Å². The van der Waals surface area contributed by atoms with Crippen LogP contribution in [0.5, 0.6) is 0 Å². The first-order chi connectivity index (χ1) is 8.82. The van der Waals surface area contributed by atoms with Gasteiger partial charge >= 0.3 is 5.97 Å². The molecule has 102 valence electrons. The molecule has 19 heavy (non-hydrogen) atoms. The first-order valence-electron chi connectivity index (χ1n) is 5.76. The van der Waals surface area contributed by atoms with Gasteiger partial charge in [0.2, 0.25) is 5.91 Å². The van der Waals surface area contributed by atoms with Crippen LogP contribution < -0.4 is 0 Å². The molecule has 0 fully saturated rings. The van der Waals surface area contributed by atoms with Crippen molar-refractivity contribution >= 4 is 33.9 Å². The van der Waals surface area contributed by atoms with Gasteiger partial charge in [-0.25, -0.2) is 4.79 Å². The van der Waals surface area contributed by atoms with E-state index in [0.717, 1.165) is 15.6 Å².